The molecule has 2 aliphatic rings. The van der Waals surface area contributed by atoms with Gasteiger partial charge in [0, 0.05) is 25.0 Å². The molecule has 0 saturated carbocycles. The van der Waals surface area contributed by atoms with Crippen LogP contribution in [0.3, 0.4) is 0 Å². The van der Waals surface area contributed by atoms with Crippen molar-refractivity contribution in [3.05, 3.63) is 45.3 Å². The molecule has 0 bridgehead atoms. The lowest BCUT2D eigenvalue weighted by Crippen LogP contribution is -2.15. The average molecular weight is 475 g/mol. The predicted molar refractivity (Wildman–Crippen MR) is 136 cm³/mol. The molecule has 0 fully saturated rings. The van der Waals surface area contributed by atoms with E-state index < -0.39 is 9.84 Å². The van der Waals surface area contributed by atoms with Gasteiger partial charge in [0.05, 0.1) is 9.81 Å². The van der Waals surface area contributed by atoms with Crippen LogP contribution in [0.5, 0.6) is 0 Å². The van der Waals surface area contributed by atoms with E-state index in [-0.39, 0.29) is 21.4 Å². The van der Waals surface area contributed by atoms with Crippen LogP contribution in [0.4, 0.5) is 0 Å². The first-order valence-electron chi connectivity index (χ1n) is 13.0. The summed E-state index contributed by atoms with van der Waals surface area (Å²) in [6.07, 6.45) is 21.8. The molecular formula is C28H42O4S. The van der Waals surface area contributed by atoms with Gasteiger partial charge < -0.3 is 0 Å². The van der Waals surface area contributed by atoms with Crippen molar-refractivity contribution in [3.8, 4) is 0 Å². The molecule has 0 aromatic heterocycles. The molecule has 0 amide bonds. The van der Waals surface area contributed by atoms with Gasteiger partial charge in [-0.15, -0.1) is 0 Å². The lowest BCUT2D eigenvalue weighted by Gasteiger charge is -2.17. The normalized spacial score (nSPS) is 16.9. The van der Waals surface area contributed by atoms with Crippen molar-refractivity contribution in [2.75, 3.05) is 0 Å². The van der Waals surface area contributed by atoms with E-state index in [9.17, 15) is 18.0 Å². The Bertz CT molecular complexity index is 832. The highest BCUT2D eigenvalue weighted by molar-refractivity contribution is 7.99. The Balaban J connectivity index is 2.01. The van der Waals surface area contributed by atoms with Gasteiger partial charge in [0.15, 0.2) is 11.6 Å². The van der Waals surface area contributed by atoms with Gasteiger partial charge in [0.2, 0.25) is 9.84 Å². The Morgan fingerprint density at radius 1 is 0.576 bits per heavy atom. The molecule has 2 aliphatic carbocycles. The molecule has 0 heterocycles. The smallest absolute Gasteiger partial charge is 0.206 e. The third-order valence-electron chi connectivity index (χ3n) is 6.43. The van der Waals surface area contributed by atoms with E-state index in [0.29, 0.717) is 12.8 Å². The van der Waals surface area contributed by atoms with Crippen LogP contribution >= 0.6 is 0 Å². The molecule has 0 unspecified atom stereocenters. The third kappa shape index (κ3) is 9.56. The Morgan fingerprint density at radius 2 is 0.939 bits per heavy atom. The maximum absolute atomic E-state index is 13.3. The quantitative estimate of drug-likeness (QED) is 0.218. The van der Waals surface area contributed by atoms with Gasteiger partial charge in [-0.1, -0.05) is 89.2 Å². The van der Waals surface area contributed by atoms with Crippen molar-refractivity contribution in [2.45, 2.75) is 117 Å². The number of hydrogen-bond donors (Lipinski definition) is 0. The molecule has 0 aromatic rings. The van der Waals surface area contributed by atoms with Gasteiger partial charge >= 0.3 is 0 Å². The zero-order chi connectivity index (χ0) is 24.1. The van der Waals surface area contributed by atoms with Gasteiger partial charge in [0.25, 0.3) is 0 Å². The monoisotopic (exact) mass is 474 g/mol. The number of ketones is 2. The highest BCUT2D eigenvalue weighted by Crippen LogP contribution is 2.31. The van der Waals surface area contributed by atoms with Crippen molar-refractivity contribution in [1.82, 2.24) is 0 Å². The second-order valence-corrected chi connectivity index (χ2v) is 11.5. The number of sulfone groups is 1. The molecule has 2 rings (SSSR count). The summed E-state index contributed by atoms with van der Waals surface area (Å²) in [7, 11) is -3.87. The number of unbranched alkanes of at least 4 members (excludes halogenated alkanes) is 10. The topological polar surface area (TPSA) is 68.3 Å². The molecular weight excluding hydrogens is 432 g/mol. The second-order valence-electron chi connectivity index (χ2n) is 9.52. The van der Waals surface area contributed by atoms with Crippen molar-refractivity contribution in [1.29, 1.82) is 0 Å². The highest BCUT2D eigenvalue weighted by atomic mass is 32.2. The summed E-state index contributed by atoms with van der Waals surface area (Å²) < 4.78 is 26.6. The summed E-state index contributed by atoms with van der Waals surface area (Å²) in [5.74, 6) is -0.341. The van der Waals surface area contributed by atoms with E-state index in [0.717, 1.165) is 49.7 Å². The number of allylic oxidation sites excluding steroid dienone is 6. The van der Waals surface area contributed by atoms with Gasteiger partial charge in [-0.25, -0.2) is 8.42 Å². The van der Waals surface area contributed by atoms with Crippen LogP contribution in [0.15, 0.2) is 45.3 Å². The van der Waals surface area contributed by atoms with Crippen LogP contribution in [0, 0.1) is 0 Å². The molecule has 0 atom stereocenters. The summed E-state index contributed by atoms with van der Waals surface area (Å²) in [5.41, 5.74) is 1.77. The first kappa shape index (κ1) is 27.5. The third-order valence-corrected chi connectivity index (χ3v) is 8.14. The maximum atomic E-state index is 13.3. The van der Waals surface area contributed by atoms with Crippen LogP contribution in [-0.4, -0.2) is 20.0 Å². The molecule has 0 aromatic carbocycles. The predicted octanol–water partition coefficient (Wildman–Crippen LogP) is 7.47. The van der Waals surface area contributed by atoms with Crippen molar-refractivity contribution < 1.29 is 18.0 Å². The first-order chi connectivity index (χ1) is 15.9. The lowest BCUT2D eigenvalue weighted by atomic mass is 9.97. The SMILES string of the molecule is CCCCCCCCC1=CC(S(=O)(=O)C2=CC(=O)CC(CCCCCCCC)=C2)=CC(=O)C1. The number of carbonyl (C=O) groups excluding carboxylic acids is 2. The molecule has 0 N–H and O–H groups in total. The number of rotatable bonds is 16. The Morgan fingerprint density at radius 3 is 1.33 bits per heavy atom. The second kappa shape index (κ2) is 14.5. The van der Waals surface area contributed by atoms with E-state index in [1.807, 2.05) is 0 Å². The summed E-state index contributed by atoms with van der Waals surface area (Å²) in [4.78, 5) is 24.6. The van der Waals surface area contributed by atoms with Crippen LogP contribution in [-0.2, 0) is 19.4 Å². The molecule has 0 aliphatic heterocycles. The largest absolute Gasteiger partial charge is 0.294 e. The molecule has 0 radical (unpaired) electrons. The Labute approximate surface area is 201 Å². The van der Waals surface area contributed by atoms with E-state index in [1.165, 1.54) is 63.5 Å². The molecule has 0 spiro atoms. The van der Waals surface area contributed by atoms with Crippen molar-refractivity contribution in [2.24, 2.45) is 0 Å². The zero-order valence-electron chi connectivity index (χ0n) is 20.7. The van der Waals surface area contributed by atoms with Gasteiger partial charge in [0.1, 0.15) is 0 Å². The molecule has 184 valence electrons. The number of carbonyl (C=O) groups is 2. The first-order valence-corrected chi connectivity index (χ1v) is 14.5. The van der Waals surface area contributed by atoms with Crippen LogP contribution in [0.1, 0.15) is 117 Å². The van der Waals surface area contributed by atoms with E-state index in [1.54, 1.807) is 12.2 Å². The Kier molecular flexibility index (Phi) is 12.1. The summed E-state index contributed by atoms with van der Waals surface area (Å²) in [5, 5.41) is 0. The molecule has 5 heteroatoms. The standard InChI is InChI=1S/C28H42O4S/c1-3-5-7-9-11-13-15-23-17-25(29)21-27(19-23)33(31,32)28-20-24(18-26(30)22-28)16-14-12-10-8-6-4-2/h19-22H,3-18H2,1-2H3. The maximum Gasteiger partial charge on any atom is 0.206 e. The van der Waals surface area contributed by atoms with Gasteiger partial charge in [-0.05, 0) is 37.8 Å². The zero-order valence-corrected chi connectivity index (χ0v) is 21.5. The summed E-state index contributed by atoms with van der Waals surface area (Å²) >= 11 is 0. The fourth-order valence-corrected chi connectivity index (χ4v) is 5.98. The van der Waals surface area contributed by atoms with Gasteiger partial charge in [-0.3, -0.25) is 9.59 Å². The van der Waals surface area contributed by atoms with Crippen LogP contribution in [0.25, 0.3) is 0 Å². The lowest BCUT2D eigenvalue weighted by molar-refractivity contribution is -0.114. The summed E-state index contributed by atoms with van der Waals surface area (Å²) in [6, 6.07) is 0. The minimum atomic E-state index is -3.87. The van der Waals surface area contributed by atoms with Crippen molar-refractivity contribution in [3.63, 3.8) is 0 Å². The van der Waals surface area contributed by atoms with E-state index >= 15 is 0 Å². The van der Waals surface area contributed by atoms with Crippen molar-refractivity contribution >= 4 is 21.4 Å². The van der Waals surface area contributed by atoms with Crippen LogP contribution < -0.4 is 0 Å². The minimum absolute atomic E-state index is 0.0378. The highest BCUT2D eigenvalue weighted by Gasteiger charge is 2.28. The molecule has 33 heavy (non-hydrogen) atoms. The number of hydrogen-bond acceptors (Lipinski definition) is 4. The fourth-order valence-electron chi connectivity index (χ4n) is 4.49. The molecule has 0 saturated heterocycles. The van der Waals surface area contributed by atoms with E-state index in [2.05, 4.69) is 13.8 Å². The fraction of sp³-hybridized carbons (Fsp3) is 0.643. The van der Waals surface area contributed by atoms with Crippen LogP contribution in [0.2, 0.25) is 0 Å². The van der Waals surface area contributed by atoms with E-state index in [4.69, 9.17) is 0 Å². The summed E-state index contributed by atoms with van der Waals surface area (Å²) in [6.45, 7) is 4.38. The van der Waals surface area contributed by atoms with Gasteiger partial charge in [-0.2, -0.15) is 0 Å². The average Bonchev–Trinajstić information content (AvgIpc) is 2.78. The Hall–Kier alpha value is -1.75. The minimum Gasteiger partial charge on any atom is -0.294 e. The molecule has 4 nitrogen and oxygen atoms in total.